The van der Waals surface area contributed by atoms with Gasteiger partial charge in [0.2, 0.25) is 0 Å². The number of methoxy groups -OCH3 is 1. The monoisotopic (exact) mass is 439 g/mol. The number of nitrogens with zero attached hydrogens (tertiary/aromatic N) is 1. The number of aromatic hydroxyl groups is 1. The predicted molar refractivity (Wildman–Crippen MR) is 121 cm³/mol. The third-order valence-corrected chi connectivity index (χ3v) is 5.54. The van der Waals surface area contributed by atoms with Gasteiger partial charge in [-0.25, -0.2) is 0 Å². The highest BCUT2D eigenvalue weighted by Gasteiger charge is 2.46. The summed E-state index contributed by atoms with van der Waals surface area (Å²) in [5.74, 6) is -1.42. The molecule has 1 atom stereocenters. The van der Waals surface area contributed by atoms with Gasteiger partial charge in [0.25, 0.3) is 11.7 Å². The van der Waals surface area contributed by atoms with Crippen molar-refractivity contribution in [3.63, 3.8) is 0 Å². The molecule has 1 fully saturated rings. The third kappa shape index (κ3) is 4.48. The van der Waals surface area contributed by atoms with Crippen LogP contribution in [0, 0.1) is 13.8 Å². The number of ketones is 1. The first-order valence-electron chi connectivity index (χ1n) is 10.6. The molecule has 2 N–H and O–H groups in total. The summed E-state index contributed by atoms with van der Waals surface area (Å²) in [6.45, 7) is 6.57. The van der Waals surface area contributed by atoms with Crippen molar-refractivity contribution in [1.82, 2.24) is 4.90 Å². The highest BCUT2D eigenvalue weighted by Crippen LogP contribution is 2.42. The topological polar surface area (TPSA) is 96.3 Å². The van der Waals surface area contributed by atoms with E-state index in [0.717, 1.165) is 11.1 Å². The summed E-state index contributed by atoms with van der Waals surface area (Å²) in [5.41, 5.74) is 2.81. The van der Waals surface area contributed by atoms with Crippen LogP contribution in [0.1, 0.15) is 41.6 Å². The van der Waals surface area contributed by atoms with Crippen molar-refractivity contribution in [2.75, 3.05) is 26.9 Å². The van der Waals surface area contributed by atoms with Crippen LogP contribution in [0.15, 0.2) is 42.0 Å². The fraction of sp³-hybridized carbons (Fsp3) is 0.360. The zero-order valence-corrected chi connectivity index (χ0v) is 18.8. The van der Waals surface area contributed by atoms with Crippen molar-refractivity contribution in [1.29, 1.82) is 0 Å². The number of carbonyl (C=O) groups is 2. The molecule has 2 aromatic rings. The Morgan fingerprint density at radius 2 is 1.88 bits per heavy atom. The maximum atomic E-state index is 13.1. The van der Waals surface area contributed by atoms with Gasteiger partial charge in [0.15, 0.2) is 11.5 Å². The summed E-state index contributed by atoms with van der Waals surface area (Å²) in [5, 5.41) is 21.4. The number of likely N-dealkylation sites (tertiary alicyclic amines) is 1. The minimum Gasteiger partial charge on any atom is -0.507 e. The number of ether oxygens (including phenoxy) is 2. The number of hydrogen-bond donors (Lipinski definition) is 2. The van der Waals surface area contributed by atoms with Crippen LogP contribution in [-0.4, -0.2) is 53.7 Å². The van der Waals surface area contributed by atoms with Gasteiger partial charge in [0.1, 0.15) is 5.76 Å². The average Bonchev–Trinajstić information content (AvgIpc) is 3.02. The van der Waals surface area contributed by atoms with Crippen LogP contribution in [0.4, 0.5) is 0 Å². The second kappa shape index (κ2) is 9.87. The number of benzene rings is 2. The quantitative estimate of drug-likeness (QED) is 0.281. The van der Waals surface area contributed by atoms with E-state index in [9.17, 15) is 19.8 Å². The van der Waals surface area contributed by atoms with Crippen LogP contribution in [0.3, 0.4) is 0 Å². The van der Waals surface area contributed by atoms with E-state index < -0.39 is 17.7 Å². The molecule has 1 unspecified atom stereocenters. The smallest absolute Gasteiger partial charge is 0.295 e. The summed E-state index contributed by atoms with van der Waals surface area (Å²) in [6.07, 6.45) is 0.528. The van der Waals surface area contributed by atoms with E-state index in [-0.39, 0.29) is 29.4 Å². The third-order valence-electron chi connectivity index (χ3n) is 5.54. The zero-order chi connectivity index (χ0) is 23.4. The van der Waals surface area contributed by atoms with Crippen LogP contribution in [0.5, 0.6) is 11.5 Å². The molecule has 170 valence electrons. The van der Waals surface area contributed by atoms with Crippen LogP contribution in [0.25, 0.3) is 5.76 Å². The fourth-order valence-electron chi connectivity index (χ4n) is 3.94. The van der Waals surface area contributed by atoms with Crippen LogP contribution < -0.4 is 4.74 Å². The first-order chi connectivity index (χ1) is 15.3. The van der Waals surface area contributed by atoms with Crippen molar-refractivity contribution in [3.05, 3.63) is 64.2 Å². The molecule has 7 heteroatoms. The molecule has 1 heterocycles. The molecule has 7 nitrogen and oxygen atoms in total. The molecular formula is C25H29NO6. The van der Waals surface area contributed by atoms with Crippen molar-refractivity contribution < 1.29 is 29.3 Å². The number of phenolic OH excluding ortho intramolecular Hbond substituents is 1. The minimum atomic E-state index is -0.813. The summed E-state index contributed by atoms with van der Waals surface area (Å²) in [7, 11) is 1.57. The van der Waals surface area contributed by atoms with Gasteiger partial charge in [0, 0.05) is 25.8 Å². The highest BCUT2D eigenvalue weighted by atomic mass is 16.5. The molecule has 1 saturated heterocycles. The lowest BCUT2D eigenvalue weighted by Gasteiger charge is -2.26. The van der Waals surface area contributed by atoms with Crippen LogP contribution in [-0.2, 0) is 14.3 Å². The lowest BCUT2D eigenvalue weighted by Crippen LogP contribution is -2.31. The van der Waals surface area contributed by atoms with Gasteiger partial charge in [-0.3, -0.25) is 9.59 Å². The van der Waals surface area contributed by atoms with Crippen LogP contribution in [0.2, 0.25) is 0 Å². The Morgan fingerprint density at radius 1 is 1.12 bits per heavy atom. The standard InChI is InChI=1S/C25H29NO6/c1-5-32-20-14-17(9-10-19(20)27)22-21(23(28)18-13-15(2)7-8-16(18)3)24(29)25(30)26(22)11-6-12-31-4/h7-10,13-14,22,27-28H,5-6,11-12H2,1-4H3. The van der Waals surface area contributed by atoms with Crippen LogP contribution >= 0.6 is 0 Å². The maximum Gasteiger partial charge on any atom is 0.295 e. The second-order valence-electron chi connectivity index (χ2n) is 7.82. The number of carbonyl (C=O) groups excluding carboxylic acids is 2. The lowest BCUT2D eigenvalue weighted by molar-refractivity contribution is -0.140. The molecule has 0 spiro atoms. The molecule has 0 radical (unpaired) electrons. The SMILES string of the molecule is CCOc1cc(C2C(=C(O)c3cc(C)ccc3C)C(=O)C(=O)N2CCCOC)ccc1O. The Morgan fingerprint density at radius 3 is 2.56 bits per heavy atom. The Balaban J connectivity index is 2.20. The number of amides is 1. The maximum absolute atomic E-state index is 13.1. The number of aliphatic hydroxyl groups is 1. The van der Waals surface area contributed by atoms with E-state index in [2.05, 4.69) is 0 Å². The summed E-state index contributed by atoms with van der Waals surface area (Å²) in [4.78, 5) is 27.5. The molecule has 2 aromatic carbocycles. The Labute approximate surface area is 187 Å². The fourth-order valence-corrected chi connectivity index (χ4v) is 3.94. The first-order valence-corrected chi connectivity index (χ1v) is 10.6. The number of aliphatic hydroxyl groups excluding tert-OH is 1. The number of phenols is 1. The largest absolute Gasteiger partial charge is 0.507 e. The highest BCUT2D eigenvalue weighted by molar-refractivity contribution is 6.46. The first kappa shape index (κ1) is 23.3. The van der Waals surface area contributed by atoms with Gasteiger partial charge in [0.05, 0.1) is 18.2 Å². The summed E-state index contributed by atoms with van der Waals surface area (Å²) >= 11 is 0. The zero-order valence-electron chi connectivity index (χ0n) is 18.8. The van der Waals surface area contributed by atoms with Crippen molar-refractivity contribution >= 4 is 17.4 Å². The summed E-state index contributed by atoms with van der Waals surface area (Å²) < 4.78 is 10.6. The minimum absolute atomic E-state index is 0.0225. The normalized spacial score (nSPS) is 17.8. The second-order valence-corrected chi connectivity index (χ2v) is 7.82. The van der Waals surface area contributed by atoms with Crippen molar-refractivity contribution in [3.8, 4) is 11.5 Å². The Hall–Kier alpha value is -3.32. The van der Waals surface area contributed by atoms with E-state index >= 15 is 0 Å². The molecule has 3 rings (SSSR count). The van der Waals surface area contributed by atoms with E-state index in [0.29, 0.717) is 30.8 Å². The van der Waals surface area contributed by atoms with E-state index in [1.54, 1.807) is 32.2 Å². The van der Waals surface area contributed by atoms with Gasteiger partial charge in [-0.05, 0) is 56.5 Å². The van der Waals surface area contributed by atoms with Gasteiger partial charge >= 0.3 is 0 Å². The van der Waals surface area contributed by atoms with E-state index in [1.807, 2.05) is 26.0 Å². The molecule has 1 aliphatic heterocycles. The van der Waals surface area contributed by atoms with Crippen molar-refractivity contribution in [2.45, 2.75) is 33.2 Å². The molecule has 0 aromatic heterocycles. The van der Waals surface area contributed by atoms with Gasteiger partial charge in [-0.15, -0.1) is 0 Å². The molecule has 0 saturated carbocycles. The number of aryl methyl sites for hydroxylation is 2. The average molecular weight is 440 g/mol. The predicted octanol–water partition coefficient (Wildman–Crippen LogP) is 3.87. The number of rotatable bonds is 8. The molecule has 32 heavy (non-hydrogen) atoms. The Bertz CT molecular complexity index is 1060. The molecule has 1 amide bonds. The molecule has 0 aliphatic carbocycles. The summed E-state index contributed by atoms with van der Waals surface area (Å²) in [6, 6.07) is 9.47. The molecular weight excluding hydrogens is 410 g/mol. The molecule has 1 aliphatic rings. The van der Waals surface area contributed by atoms with Gasteiger partial charge in [-0.1, -0.05) is 23.8 Å². The van der Waals surface area contributed by atoms with E-state index in [1.165, 1.54) is 11.0 Å². The van der Waals surface area contributed by atoms with Crippen molar-refractivity contribution in [2.24, 2.45) is 0 Å². The Kier molecular flexibility index (Phi) is 7.20. The lowest BCUT2D eigenvalue weighted by atomic mass is 9.93. The van der Waals surface area contributed by atoms with Gasteiger partial charge < -0.3 is 24.6 Å². The molecule has 0 bridgehead atoms. The van der Waals surface area contributed by atoms with E-state index in [4.69, 9.17) is 9.47 Å². The number of Topliss-reactive ketones (excluding diaryl/α,β-unsaturated/α-hetero) is 1. The number of hydrogen-bond acceptors (Lipinski definition) is 6. The van der Waals surface area contributed by atoms with Gasteiger partial charge in [-0.2, -0.15) is 0 Å².